The number of piperazine rings is 1. The second-order valence-electron chi connectivity index (χ2n) is 5.36. The van der Waals surface area contributed by atoms with E-state index < -0.39 is 0 Å². The highest BCUT2D eigenvalue weighted by Gasteiger charge is 2.21. The van der Waals surface area contributed by atoms with Gasteiger partial charge in [-0.25, -0.2) is 0 Å². The fourth-order valence-electron chi connectivity index (χ4n) is 2.67. The largest absolute Gasteiger partial charge is 0.366 e. The lowest BCUT2D eigenvalue weighted by Crippen LogP contribution is -2.46. The van der Waals surface area contributed by atoms with Crippen molar-refractivity contribution in [2.24, 2.45) is 0 Å². The summed E-state index contributed by atoms with van der Waals surface area (Å²) in [4.78, 5) is 16.6. The van der Waals surface area contributed by atoms with Gasteiger partial charge in [0.15, 0.2) is 0 Å². The lowest BCUT2D eigenvalue weighted by atomic mass is 10.2. The Morgan fingerprint density at radius 2 is 1.95 bits per heavy atom. The zero-order valence-corrected chi connectivity index (χ0v) is 13.6. The van der Waals surface area contributed by atoms with Crippen LogP contribution in [0.1, 0.15) is 26.7 Å². The fourth-order valence-corrected chi connectivity index (χ4v) is 2.96. The molecule has 1 saturated heterocycles. The standard InChI is InChI=1S/C16H24ClN3O/c1-3-6-15(21)18-14-8-5-7-13(17)16(14)20-11-9-19(4-2)10-12-20/h5,7-8H,3-4,6,9-12H2,1-2H3,(H,18,21). The van der Waals surface area contributed by atoms with E-state index in [2.05, 4.69) is 22.0 Å². The Kier molecular flexibility index (Phi) is 5.88. The van der Waals surface area contributed by atoms with Gasteiger partial charge in [0.2, 0.25) is 5.91 Å². The number of amides is 1. The Labute approximate surface area is 132 Å². The highest BCUT2D eigenvalue weighted by molar-refractivity contribution is 6.34. The molecule has 1 aromatic carbocycles. The van der Waals surface area contributed by atoms with Crippen LogP contribution in [-0.4, -0.2) is 43.5 Å². The average molecular weight is 310 g/mol. The first kappa shape index (κ1) is 16.1. The summed E-state index contributed by atoms with van der Waals surface area (Å²) in [7, 11) is 0. The number of rotatable bonds is 5. The van der Waals surface area contributed by atoms with Crippen molar-refractivity contribution in [3.63, 3.8) is 0 Å². The first-order chi connectivity index (χ1) is 10.2. The number of anilines is 2. The minimum atomic E-state index is 0.0493. The Morgan fingerprint density at radius 1 is 1.24 bits per heavy atom. The van der Waals surface area contributed by atoms with Crippen molar-refractivity contribution in [2.45, 2.75) is 26.7 Å². The number of carbonyl (C=O) groups is 1. The summed E-state index contributed by atoms with van der Waals surface area (Å²) >= 11 is 6.39. The van der Waals surface area contributed by atoms with Crippen LogP contribution in [0.2, 0.25) is 5.02 Å². The van der Waals surface area contributed by atoms with Crippen molar-refractivity contribution in [2.75, 3.05) is 42.9 Å². The van der Waals surface area contributed by atoms with Crippen LogP contribution >= 0.6 is 11.6 Å². The first-order valence-electron chi connectivity index (χ1n) is 7.71. The molecule has 1 heterocycles. The van der Waals surface area contributed by atoms with Gasteiger partial charge < -0.3 is 15.1 Å². The Morgan fingerprint density at radius 3 is 2.57 bits per heavy atom. The normalized spacial score (nSPS) is 16.0. The SMILES string of the molecule is CCCC(=O)Nc1cccc(Cl)c1N1CCN(CC)CC1. The van der Waals surface area contributed by atoms with Crippen molar-refractivity contribution >= 4 is 28.9 Å². The van der Waals surface area contributed by atoms with Gasteiger partial charge in [0.1, 0.15) is 0 Å². The molecule has 1 fully saturated rings. The molecule has 0 aliphatic carbocycles. The predicted molar refractivity (Wildman–Crippen MR) is 89.3 cm³/mol. The monoisotopic (exact) mass is 309 g/mol. The van der Waals surface area contributed by atoms with E-state index in [0.717, 1.165) is 50.5 Å². The molecule has 0 saturated carbocycles. The van der Waals surface area contributed by atoms with Crippen LogP contribution in [0.4, 0.5) is 11.4 Å². The molecule has 4 nitrogen and oxygen atoms in total. The molecule has 1 amide bonds. The summed E-state index contributed by atoms with van der Waals surface area (Å²) in [6.45, 7) is 9.21. The molecule has 5 heteroatoms. The molecule has 1 N–H and O–H groups in total. The van der Waals surface area contributed by atoms with Crippen molar-refractivity contribution in [1.29, 1.82) is 0 Å². The number of hydrogen-bond donors (Lipinski definition) is 1. The minimum Gasteiger partial charge on any atom is -0.366 e. The molecule has 2 rings (SSSR count). The molecular formula is C16H24ClN3O. The van der Waals surface area contributed by atoms with Gasteiger partial charge >= 0.3 is 0 Å². The van der Waals surface area contributed by atoms with Crippen LogP contribution in [0.25, 0.3) is 0 Å². The molecule has 0 atom stereocenters. The van der Waals surface area contributed by atoms with E-state index in [0.29, 0.717) is 11.4 Å². The maximum absolute atomic E-state index is 11.9. The maximum Gasteiger partial charge on any atom is 0.224 e. The number of carbonyl (C=O) groups excluding carboxylic acids is 1. The zero-order chi connectivity index (χ0) is 15.2. The summed E-state index contributed by atoms with van der Waals surface area (Å²) in [5, 5.41) is 3.70. The third kappa shape index (κ3) is 4.11. The van der Waals surface area contributed by atoms with Gasteiger partial charge in [-0.2, -0.15) is 0 Å². The van der Waals surface area contributed by atoms with E-state index in [1.165, 1.54) is 0 Å². The van der Waals surface area contributed by atoms with Crippen molar-refractivity contribution in [1.82, 2.24) is 4.90 Å². The van der Waals surface area contributed by atoms with Gasteiger partial charge in [0.25, 0.3) is 0 Å². The van der Waals surface area contributed by atoms with Crippen molar-refractivity contribution < 1.29 is 4.79 Å². The van der Waals surface area contributed by atoms with E-state index in [-0.39, 0.29) is 5.91 Å². The number of halogens is 1. The second-order valence-corrected chi connectivity index (χ2v) is 5.76. The zero-order valence-electron chi connectivity index (χ0n) is 12.9. The van der Waals surface area contributed by atoms with Crippen LogP contribution in [0.15, 0.2) is 18.2 Å². The second kappa shape index (κ2) is 7.66. The smallest absolute Gasteiger partial charge is 0.224 e. The summed E-state index contributed by atoms with van der Waals surface area (Å²) in [6, 6.07) is 5.70. The van der Waals surface area contributed by atoms with E-state index in [4.69, 9.17) is 11.6 Å². The molecule has 0 unspecified atom stereocenters. The Hall–Kier alpha value is -1.26. The number of nitrogens with zero attached hydrogens (tertiary/aromatic N) is 2. The Bertz CT molecular complexity index is 484. The van der Waals surface area contributed by atoms with Crippen LogP contribution < -0.4 is 10.2 Å². The molecule has 1 aliphatic rings. The first-order valence-corrected chi connectivity index (χ1v) is 8.09. The third-order valence-electron chi connectivity index (χ3n) is 3.87. The number of nitrogens with one attached hydrogen (secondary N) is 1. The minimum absolute atomic E-state index is 0.0493. The highest BCUT2D eigenvalue weighted by atomic mass is 35.5. The number of benzene rings is 1. The van der Waals surface area contributed by atoms with Crippen molar-refractivity contribution in [3.05, 3.63) is 23.2 Å². The lowest BCUT2D eigenvalue weighted by Gasteiger charge is -2.36. The molecule has 0 aromatic heterocycles. The molecule has 1 aromatic rings. The van der Waals surface area contributed by atoms with E-state index in [1.54, 1.807) is 0 Å². The van der Waals surface area contributed by atoms with Gasteiger partial charge in [-0.3, -0.25) is 4.79 Å². The maximum atomic E-state index is 11.9. The Balaban J connectivity index is 2.16. The van der Waals surface area contributed by atoms with Gasteiger partial charge in [-0.05, 0) is 25.1 Å². The molecule has 0 radical (unpaired) electrons. The molecule has 21 heavy (non-hydrogen) atoms. The third-order valence-corrected chi connectivity index (χ3v) is 4.18. The fraction of sp³-hybridized carbons (Fsp3) is 0.562. The highest BCUT2D eigenvalue weighted by Crippen LogP contribution is 2.34. The molecule has 116 valence electrons. The summed E-state index contributed by atoms with van der Waals surface area (Å²) in [5.41, 5.74) is 1.78. The summed E-state index contributed by atoms with van der Waals surface area (Å²) in [6.07, 6.45) is 1.38. The van der Waals surface area contributed by atoms with Crippen LogP contribution in [0.3, 0.4) is 0 Å². The molecule has 0 spiro atoms. The number of likely N-dealkylation sites (N-methyl/N-ethyl adjacent to an activating group) is 1. The van der Waals surface area contributed by atoms with Crippen LogP contribution in [0, 0.1) is 0 Å². The van der Waals surface area contributed by atoms with E-state index >= 15 is 0 Å². The quantitative estimate of drug-likeness (QED) is 0.907. The molecular weight excluding hydrogens is 286 g/mol. The van der Waals surface area contributed by atoms with Crippen molar-refractivity contribution in [3.8, 4) is 0 Å². The number of para-hydroxylation sites is 1. The van der Waals surface area contributed by atoms with Crippen LogP contribution in [-0.2, 0) is 4.79 Å². The van der Waals surface area contributed by atoms with Gasteiger partial charge in [0, 0.05) is 32.6 Å². The van der Waals surface area contributed by atoms with E-state index in [9.17, 15) is 4.79 Å². The van der Waals surface area contributed by atoms with Gasteiger partial charge in [-0.15, -0.1) is 0 Å². The van der Waals surface area contributed by atoms with Gasteiger partial charge in [0.05, 0.1) is 16.4 Å². The van der Waals surface area contributed by atoms with E-state index in [1.807, 2.05) is 25.1 Å². The molecule has 1 aliphatic heterocycles. The lowest BCUT2D eigenvalue weighted by molar-refractivity contribution is -0.116. The number of hydrogen-bond acceptors (Lipinski definition) is 3. The summed E-state index contributed by atoms with van der Waals surface area (Å²) in [5.74, 6) is 0.0493. The van der Waals surface area contributed by atoms with Gasteiger partial charge in [-0.1, -0.05) is 31.5 Å². The molecule has 0 bridgehead atoms. The average Bonchev–Trinajstić information content (AvgIpc) is 2.48. The summed E-state index contributed by atoms with van der Waals surface area (Å²) < 4.78 is 0. The predicted octanol–water partition coefficient (Wildman–Crippen LogP) is 3.22. The topological polar surface area (TPSA) is 35.6 Å². The van der Waals surface area contributed by atoms with Crippen LogP contribution in [0.5, 0.6) is 0 Å².